The molecular formula is C7H12N2S. The number of nitrogens with one attached hydrogen (secondary N) is 1. The lowest BCUT2D eigenvalue weighted by Gasteiger charge is -2.11. The van der Waals surface area contributed by atoms with Crippen LogP contribution in [0.1, 0.15) is 25.7 Å². The van der Waals surface area contributed by atoms with Crippen molar-refractivity contribution in [1.82, 2.24) is 5.32 Å². The Kier molecular flexibility index (Phi) is 1.62. The fourth-order valence-corrected chi connectivity index (χ4v) is 2.59. The van der Waals surface area contributed by atoms with E-state index >= 15 is 0 Å². The maximum Gasteiger partial charge on any atom is 0.127 e. The van der Waals surface area contributed by atoms with Gasteiger partial charge in [-0.2, -0.15) is 0 Å². The van der Waals surface area contributed by atoms with Crippen LogP contribution in [0.15, 0.2) is 10.6 Å². The summed E-state index contributed by atoms with van der Waals surface area (Å²) in [6.07, 6.45) is 5.15. The lowest BCUT2D eigenvalue weighted by atomic mass is 10.0. The molecule has 0 aromatic heterocycles. The molecule has 2 aliphatic rings. The van der Waals surface area contributed by atoms with Crippen LogP contribution in [0, 0.1) is 0 Å². The van der Waals surface area contributed by atoms with Crippen molar-refractivity contribution in [1.29, 1.82) is 0 Å². The normalized spacial score (nSPS) is 31.9. The number of thioether (sulfide) groups is 1. The largest absolute Gasteiger partial charge is 0.364 e. The van der Waals surface area contributed by atoms with Gasteiger partial charge in [0.05, 0.1) is 0 Å². The van der Waals surface area contributed by atoms with Gasteiger partial charge in [0.15, 0.2) is 0 Å². The second-order valence-electron chi connectivity index (χ2n) is 2.79. The van der Waals surface area contributed by atoms with E-state index in [1.807, 2.05) is 0 Å². The number of hydrogen-bond acceptors (Lipinski definition) is 3. The number of rotatable bonds is 0. The SMILES string of the molecule is N[C@H]1NC2=C(CCCC2)S1. The van der Waals surface area contributed by atoms with Crippen LogP contribution in [0.5, 0.6) is 0 Å². The molecule has 3 heteroatoms. The summed E-state index contributed by atoms with van der Waals surface area (Å²) >= 11 is 1.80. The molecule has 0 radical (unpaired) electrons. The van der Waals surface area contributed by atoms with Crippen molar-refractivity contribution in [3.63, 3.8) is 0 Å². The average Bonchev–Trinajstić information content (AvgIpc) is 2.27. The molecule has 0 saturated carbocycles. The van der Waals surface area contributed by atoms with E-state index in [0.29, 0.717) is 0 Å². The monoisotopic (exact) mass is 156 g/mol. The van der Waals surface area contributed by atoms with E-state index in [1.54, 1.807) is 11.8 Å². The summed E-state index contributed by atoms with van der Waals surface area (Å²) in [4.78, 5) is 1.51. The van der Waals surface area contributed by atoms with Crippen molar-refractivity contribution in [2.75, 3.05) is 0 Å². The first-order chi connectivity index (χ1) is 4.86. The van der Waals surface area contributed by atoms with E-state index in [4.69, 9.17) is 5.73 Å². The molecule has 0 aromatic carbocycles. The van der Waals surface area contributed by atoms with Crippen LogP contribution < -0.4 is 11.1 Å². The van der Waals surface area contributed by atoms with Crippen molar-refractivity contribution < 1.29 is 0 Å². The van der Waals surface area contributed by atoms with Gasteiger partial charge in [-0.15, -0.1) is 0 Å². The van der Waals surface area contributed by atoms with Gasteiger partial charge in [0.1, 0.15) is 5.50 Å². The molecular weight excluding hydrogens is 144 g/mol. The van der Waals surface area contributed by atoms with Crippen molar-refractivity contribution in [2.24, 2.45) is 5.73 Å². The predicted molar refractivity (Wildman–Crippen MR) is 44.2 cm³/mol. The van der Waals surface area contributed by atoms with Gasteiger partial charge in [0, 0.05) is 10.6 Å². The molecule has 2 nitrogen and oxygen atoms in total. The summed E-state index contributed by atoms with van der Waals surface area (Å²) in [5, 5.41) is 3.28. The van der Waals surface area contributed by atoms with Crippen molar-refractivity contribution >= 4 is 11.8 Å². The van der Waals surface area contributed by atoms with Crippen LogP contribution in [-0.2, 0) is 0 Å². The molecule has 0 unspecified atom stereocenters. The summed E-state index contributed by atoms with van der Waals surface area (Å²) in [5.74, 6) is 0. The first-order valence-electron chi connectivity index (χ1n) is 3.77. The summed E-state index contributed by atoms with van der Waals surface area (Å²) in [7, 11) is 0. The standard InChI is InChI=1S/C7H12N2S/c8-7-9-5-3-1-2-4-6(5)10-7/h7,9H,1-4,8H2/t7-/m0/s1. The summed E-state index contributed by atoms with van der Waals surface area (Å²) in [6, 6.07) is 0. The van der Waals surface area contributed by atoms with Gasteiger partial charge in [0.2, 0.25) is 0 Å². The smallest absolute Gasteiger partial charge is 0.127 e. The first-order valence-corrected chi connectivity index (χ1v) is 4.65. The lowest BCUT2D eigenvalue weighted by molar-refractivity contribution is 0.642. The Labute approximate surface area is 65.2 Å². The minimum Gasteiger partial charge on any atom is -0.364 e. The van der Waals surface area contributed by atoms with E-state index in [9.17, 15) is 0 Å². The fourth-order valence-electron chi connectivity index (χ4n) is 1.51. The summed E-state index contributed by atoms with van der Waals surface area (Å²) < 4.78 is 0. The van der Waals surface area contributed by atoms with Gasteiger partial charge in [-0.05, 0) is 25.7 Å². The maximum atomic E-state index is 5.70. The predicted octanol–water partition coefficient (Wildman–Crippen LogP) is 1.35. The molecule has 1 aliphatic heterocycles. The Bertz CT molecular complexity index is 158. The summed E-state index contributed by atoms with van der Waals surface area (Å²) in [5.41, 5.74) is 7.27. The third-order valence-electron chi connectivity index (χ3n) is 2.00. The molecule has 2 rings (SSSR count). The average molecular weight is 156 g/mol. The third kappa shape index (κ3) is 1.04. The molecule has 0 amide bonds. The molecule has 0 bridgehead atoms. The van der Waals surface area contributed by atoms with Crippen LogP contribution in [0.3, 0.4) is 0 Å². The van der Waals surface area contributed by atoms with E-state index in [-0.39, 0.29) is 5.50 Å². The first kappa shape index (κ1) is 6.55. The van der Waals surface area contributed by atoms with Gasteiger partial charge in [-0.1, -0.05) is 11.8 Å². The maximum absolute atomic E-state index is 5.70. The highest BCUT2D eigenvalue weighted by atomic mass is 32.2. The van der Waals surface area contributed by atoms with Gasteiger partial charge >= 0.3 is 0 Å². The van der Waals surface area contributed by atoms with Crippen LogP contribution in [0.4, 0.5) is 0 Å². The van der Waals surface area contributed by atoms with E-state index < -0.39 is 0 Å². The fraction of sp³-hybridized carbons (Fsp3) is 0.714. The van der Waals surface area contributed by atoms with Gasteiger partial charge < -0.3 is 11.1 Å². The second-order valence-corrected chi connectivity index (χ2v) is 4.03. The Morgan fingerprint density at radius 3 is 3.00 bits per heavy atom. The number of allylic oxidation sites excluding steroid dienone is 2. The Morgan fingerprint density at radius 2 is 2.20 bits per heavy atom. The van der Waals surface area contributed by atoms with E-state index in [2.05, 4.69) is 5.32 Å². The lowest BCUT2D eigenvalue weighted by Crippen LogP contribution is -2.28. The van der Waals surface area contributed by atoms with E-state index in [1.165, 1.54) is 36.3 Å². The topological polar surface area (TPSA) is 38.0 Å². The molecule has 0 saturated heterocycles. The Morgan fingerprint density at radius 1 is 1.40 bits per heavy atom. The second kappa shape index (κ2) is 2.47. The highest BCUT2D eigenvalue weighted by molar-refractivity contribution is 8.03. The minimum absolute atomic E-state index is 0.142. The van der Waals surface area contributed by atoms with Crippen LogP contribution in [0.25, 0.3) is 0 Å². The van der Waals surface area contributed by atoms with Crippen molar-refractivity contribution in [3.8, 4) is 0 Å². The van der Waals surface area contributed by atoms with Crippen LogP contribution >= 0.6 is 11.8 Å². The van der Waals surface area contributed by atoms with Crippen molar-refractivity contribution in [3.05, 3.63) is 10.6 Å². The van der Waals surface area contributed by atoms with Crippen LogP contribution in [-0.4, -0.2) is 5.50 Å². The minimum atomic E-state index is 0.142. The zero-order valence-electron chi connectivity index (χ0n) is 5.89. The Hall–Kier alpha value is -0.150. The van der Waals surface area contributed by atoms with Gasteiger partial charge in [-0.3, -0.25) is 0 Å². The Balaban J connectivity index is 2.13. The molecule has 10 heavy (non-hydrogen) atoms. The molecule has 1 heterocycles. The molecule has 1 atom stereocenters. The molecule has 0 aromatic rings. The molecule has 1 aliphatic carbocycles. The van der Waals surface area contributed by atoms with Gasteiger partial charge in [0.25, 0.3) is 0 Å². The zero-order valence-corrected chi connectivity index (χ0v) is 6.71. The van der Waals surface area contributed by atoms with Crippen LogP contribution in [0.2, 0.25) is 0 Å². The summed E-state index contributed by atoms with van der Waals surface area (Å²) in [6.45, 7) is 0. The third-order valence-corrected chi connectivity index (χ3v) is 3.11. The molecule has 0 spiro atoms. The van der Waals surface area contributed by atoms with E-state index in [0.717, 1.165) is 0 Å². The molecule has 0 fully saturated rings. The molecule has 56 valence electrons. The number of nitrogens with two attached hydrogens (primary N) is 1. The zero-order chi connectivity index (χ0) is 6.97. The van der Waals surface area contributed by atoms with Crippen molar-refractivity contribution in [2.45, 2.75) is 31.2 Å². The highest BCUT2D eigenvalue weighted by Gasteiger charge is 2.22. The highest BCUT2D eigenvalue weighted by Crippen LogP contribution is 2.37. The van der Waals surface area contributed by atoms with Gasteiger partial charge in [-0.25, -0.2) is 0 Å². The molecule has 3 N–H and O–H groups in total. The quantitative estimate of drug-likeness (QED) is 0.556. The number of hydrogen-bond donors (Lipinski definition) is 2.